The first kappa shape index (κ1) is 23.1. The molecule has 0 aliphatic carbocycles. The number of likely N-dealkylation sites (tertiary alicyclic amines) is 1. The van der Waals surface area contributed by atoms with Crippen LogP contribution in [0.3, 0.4) is 0 Å². The summed E-state index contributed by atoms with van der Waals surface area (Å²) >= 11 is 1.49. The number of piperidine rings is 1. The molecule has 2 aromatic carbocycles. The van der Waals surface area contributed by atoms with E-state index >= 15 is 0 Å². The van der Waals surface area contributed by atoms with E-state index in [2.05, 4.69) is 4.90 Å². The Balaban J connectivity index is 1.49. The summed E-state index contributed by atoms with van der Waals surface area (Å²) in [7, 11) is 4.90. The van der Waals surface area contributed by atoms with Crippen LogP contribution in [0.15, 0.2) is 60.0 Å². The zero-order valence-corrected chi connectivity index (χ0v) is 20.1. The summed E-state index contributed by atoms with van der Waals surface area (Å²) in [5.74, 6) is 2.06. The molecule has 0 spiro atoms. The van der Waals surface area contributed by atoms with E-state index in [-0.39, 0.29) is 11.9 Å². The van der Waals surface area contributed by atoms with Gasteiger partial charge in [-0.2, -0.15) is 0 Å². The third-order valence-electron chi connectivity index (χ3n) is 6.09. The van der Waals surface area contributed by atoms with E-state index in [0.29, 0.717) is 17.2 Å². The van der Waals surface area contributed by atoms with Gasteiger partial charge in [-0.1, -0.05) is 30.3 Å². The van der Waals surface area contributed by atoms with Crippen LogP contribution in [0.2, 0.25) is 0 Å². The average Bonchev–Trinajstić information content (AvgIpc) is 3.40. The van der Waals surface area contributed by atoms with Crippen molar-refractivity contribution in [2.45, 2.75) is 25.4 Å². The van der Waals surface area contributed by atoms with E-state index in [9.17, 15) is 4.79 Å². The number of methoxy groups -OCH3 is 3. The molecule has 1 aliphatic heterocycles. The molecule has 0 saturated carbocycles. The zero-order chi connectivity index (χ0) is 23.2. The number of carbonyl (C=O) groups excluding carboxylic acids is 1. The van der Waals surface area contributed by atoms with Gasteiger partial charge < -0.3 is 19.1 Å². The maximum atomic E-state index is 13.4. The van der Waals surface area contributed by atoms with Crippen molar-refractivity contribution < 1.29 is 19.0 Å². The Bertz CT molecular complexity index is 1050. The van der Waals surface area contributed by atoms with Gasteiger partial charge in [-0.05, 0) is 42.5 Å². The smallest absolute Gasteiger partial charge is 0.268 e. The lowest BCUT2D eigenvalue weighted by atomic mass is 10.0. The van der Waals surface area contributed by atoms with Gasteiger partial charge in [0.1, 0.15) is 0 Å². The maximum Gasteiger partial charge on any atom is 0.268 e. The standard InChI is InChI=1S/C26H30N2O4S/c1-30-22-12-11-19(24(31-2)25(22)32-3)18-27-15-13-21(14-16-27)28(20-8-5-4-6-9-20)26(29)23-10-7-17-33-23/h4-12,17,21H,13-16,18H2,1-3H3. The number of thiophene rings is 1. The number of carbonyl (C=O) groups is 1. The second-order valence-electron chi connectivity index (χ2n) is 7.99. The largest absolute Gasteiger partial charge is 0.493 e. The van der Waals surface area contributed by atoms with Gasteiger partial charge in [-0.15, -0.1) is 11.3 Å². The molecular weight excluding hydrogens is 436 g/mol. The predicted molar refractivity (Wildman–Crippen MR) is 132 cm³/mol. The van der Waals surface area contributed by atoms with Crippen LogP contribution in [0.1, 0.15) is 28.1 Å². The summed E-state index contributed by atoms with van der Waals surface area (Å²) in [5.41, 5.74) is 2.01. The van der Waals surface area contributed by atoms with Gasteiger partial charge in [0.25, 0.3) is 5.91 Å². The summed E-state index contributed by atoms with van der Waals surface area (Å²) in [6, 6.07) is 17.9. The van der Waals surface area contributed by atoms with Crippen LogP contribution in [0.5, 0.6) is 17.2 Å². The fraction of sp³-hybridized carbons (Fsp3) is 0.346. The molecule has 1 aromatic heterocycles. The molecule has 0 unspecified atom stereocenters. The molecule has 1 aliphatic rings. The van der Waals surface area contributed by atoms with Gasteiger partial charge in [0.15, 0.2) is 11.5 Å². The van der Waals surface area contributed by atoms with Crippen molar-refractivity contribution in [3.63, 3.8) is 0 Å². The van der Waals surface area contributed by atoms with Gasteiger partial charge in [0.05, 0.1) is 26.2 Å². The van der Waals surface area contributed by atoms with Crippen LogP contribution < -0.4 is 19.1 Å². The fourth-order valence-electron chi connectivity index (χ4n) is 4.47. The first-order valence-corrected chi connectivity index (χ1v) is 12.0. The fourth-order valence-corrected chi connectivity index (χ4v) is 5.13. The van der Waals surface area contributed by atoms with E-state index < -0.39 is 0 Å². The topological polar surface area (TPSA) is 51.2 Å². The summed E-state index contributed by atoms with van der Waals surface area (Å²) in [6.07, 6.45) is 1.81. The quantitative estimate of drug-likeness (QED) is 0.463. The number of hydrogen-bond donors (Lipinski definition) is 0. The minimum atomic E-state index is 0.0798. The first-order chi connectivity index (χ1) is 16.2. The Morgan fingerprint density at radius 1 is 0.939 bits per heavy atom. The molecule has 0 bridgehead atoms. The lowest BCUT2D eigenvalue weighted by molar-refractivity contribution is 0.0962. The van der Waals surface area contributed by atoms with Gasteiger partial charge in [0.2, 0.25) is 5.75 Å². The molecule has 1 fully saturated rings. The van der Waals surface area contributed by atoms with E-state index in [1.54, 1.807) is 21.3 Å². The van der Waals surface area contributed by atoms with Crippen LogP contribution in [-0.2, 0) is 6.54 Å². The highest BCUT2D eigenvalue weighted by Crippen LogP contribution is 2.40. The predicted octanol–water partition coefficient (Wildman–Crippen LogP) is 5.09. The second-order valence-corrected chi connectivity index (χ2v) is 8.94. The highest BCUT2D eigenvalue weighted by atomic mass is 32.1. The van der Waals surface area contributed by atoms with Crippen molar-refractivity contribution in [1.82, 2.24) is 4.90 Å². The lowest BCUT2D eigenvalue weighted by Gasteiger charge is -2.38. The Labute approximate surface area is 199 Å². The van der Waals surface area contributed by atoms with Crippen molar-refractivity contribution in [3.8, 4) is 17.2 Å². The molecular formula is C26H30N2O4S. The molecule has 6 nitrogen and oxygen atoms in total. The van der Waals surface area contributed by atoms with E-state index in [1.807, 2.05) is 64.9 Å². The average molecular weight is 467 g/mol. The molecule has 0 N–H and O–H groups in total. The van der Waals surface area contributed by atoms with E-state index in [1.165, 1.54) is 11.3 Å². The van der Waals surface area contributed by atoms with Crippen LogP contribution in [0.4, 0.5) is 5.69 Å². The number of ether oxygens (including phenoxy) is 3. The maximum absolute atomic E-state index is 13.4. The van der Waals surface area contributed by atoms with Gasteiger partial charge in [-0.3, -0.25) is 9.69 Å². The van der Waals surface area contributed by atoms with Crippen molar-refractivity contribution >= 4 is 22.9 Å². The van der Waals surface area contributed by atoms with Crippen LogP contribution in [0.25, 0.3) is 0 Å². The van der Waals surface area contributed by atoms with Gasteiger partial charge in [-0.25, -0.2) is 0 Å². The number of amides is 1. The SMILES string of the molecule is COc1ccc(CN2CCC(N(C(=O)c3cccs3)c3ccccc3)CC2)c(OC)c1OC. The monoisotopic (exact) mass is 466 g/mol. The highest BCUT2D eigenvalue weighted by Gasteiger charge is 2.30. The van der Waals surface area contributed by atoms with Crippen molar-refractivity contribution in [2.24, 2.45) is 0 Å². The summed E-state index contributed by atoms with van der Waals surface area (Å²) in [4.78, 5) is 18.5. The molecule has 7 heteroatoms. The van der Waals surface area contributed by atoms with E-state index in [0.717, 1.165) is 48.6 Å². The summed E-state index contributed by atoms with van der Waals surface area (Å²) in [6.45, 7) is 2.53. The number of nitrogens with zero attached hydrogens (tertiary/aromatic N) is 2. The van der Waals surface area contributed by atoms with Crippen LogP contribution in [0, 0.1) is 0 Å². The molecule has 3 aromatic rings. The Morgan fingerprint density at radius 2 is 1.67 bits per heavy atom. The summed E-state index contributed by atoms with van der Waals surface area (Å²) < 4.78 is 16.6. The van der Waals surface area contributed by atoms with E-state index in [4.69, 9.17) is 14.2 Å². The third kappa shape index (κ3) is 4.99. The van der Waals surface area contributed by atoms with Crippen molar-refractivity contribution in [2.75, 3.05) is 39.3 Å². The molecule has 1 saturated heterocycles. The first-order valence-electron chi connectivity index (χ1n) is 11.1. The lowest BCUT2D eigenvalue weighted by Crippen LogP contribution is -2.47. The number of hydrogen-bond acceptors (Lipinski definition) is 6. The normalized spacial score (nSPS) is 14.6. The zero-order valence-electron chi connectivity index (χ0n) is 19.3. The van der Waals surface area contributed by atoms with Gasteiger partial charge in [0, 0.05) is 36.9 Å². The molecule has 2 heterocycles. The number of anilines is 1. The Hall–Kier alpha value is -3.03. The van der Waals surface area contributed by atoms with Crippen LogP contribution in [-0.4, -0.2) is 51.3 Å². The number of benzene rings is 2. The Morgan fingerprint density at radius 3 is 2.27 bits per heavy atom. The molecule has 4 rings (SSSR count). The van der Waals surface area contributed by atoms with Crippen molar-refractivity contribution in [3.05, 3.63) is 70.4 Å². The van der Waals surface area contributed by atoms with Gasteiger partial charge >= 0.3 is 0 Å². The molecule has 33 heavy (non-hydrogen) atoms. The Kier molecular flexibility index (Phi) is 7.52. The molecule has 1 amide bonds. The third-order valence-corrected chi connectivity index (χ3v) is 6.94. The number of rotatable bonds is 8. The second kappa shape index (κ2) is 10.7. The molecule has 174 valence electrons. The number of para-hydroxylation sites is 1. The van der Waals surface area contributed by atoms with Crippen molar-refractivity contribution in [1.29, 1.82) is 0 Å². The highest BCUT2D eigenvalue weighted by molar-refractivity contribution is 7.12. The minimum Gasteiger partial charge on any atom is -0.493 e. The molecule has 0 radical (unpaired) electrons. The summed E-state index contributed by atoms with van der Waals surface area (Å²) in [5, 5.41) is 1.95. The van der Waals surface area contributed by atoms with Crippen LogP contribution >= 0.6 is 11.3 Å². The molecule has 0 atom stereocenters. The minimum absolute atomic E-state index is 0.0798.